The van der Waals surface area contributed by atoms with Gasteiger partial charge in [-0.25, -0.2) is 4.39 Å². The van der Waals surface area contributed by atoms with E-state index < -0.39 is 0 Å². The summed E-state index contributed by atoms with van der Waals surface area (Å²) in [6.45, 7) is 8.75. The SMILES string of the molecule is CCCC(C)(C=O)CN1CCN(c2ccc(F)cc2)CC1. The molecule has 0 spiro atoms. The third kappa shape index (κ3) is 4.27. The molecule has 0 aromatic heterocycles. The van der Waals surface area contributed by atoms with Crippen molar-refractivity contribution in [1.29, 1.82) is 0 Å². The first kappa shape index (κ1) is 16.0. The Morgan fingerprint density at radius 3 is 2.33 bits per heavy atom. The summed E-state index contributed by atoms with van der Waals surface area (Å²) in [5.74, 6) is -0.196. The van der Waals surface area contributed by atoms with E-state index in [1.54, 1.807) is 0 Å². The highest BCUT2D eigenvalue weighted by molar-refractivity contribution is 5.59. The monoisotopic (exact) mass is 292 g/mol. The number of hydrogen-bond donors (Lipinski definition) is 0. The molecule has 0 N–H and O–H groups in total. The van der Waals surface area contributed by atoms with Crippen molar-refractivity contribution >= 4 is 12.0 Å². The molecule has 3 nitrogen and oxygen atoms in total. The van der Waals surface area contributed by atoms with Gasteiger partial charge >= 0.3 is 0 Å². The predicted molar refractivity (Wildman–Crippen MR) is 84.1 cm³/mol. The zero-order valence-corrected chi connectivity index (χ0v) is 13.0. The Hall–Kier alpha value is -1.42. The predicted octanol–water partition coefficient (Wildman–Crippen LogP) is 2.95. The summed E-state index contributed by atoms with van der Waals surface area (Å²) in [7, 11) is 0. The van der Waals surface area contributed by atoms with Gasteiger partial charge in [-0.3, -0.25) is 4.90 Å². The highest BCUT2D eigenvalue weighted by Crippen LogP contribution is 2.23. The Labute approximate surface area is 126 Å². The number of halogens is 1. The fourth-order valence-electron chi connectivity index (χ4n) is 3.07. The quantitative estimate of drug-likeness (QED) is 0.753. The lowest BCUT2D eigenvalue weighted by Crippen LogP contribution is -2.49. The fourth-order valence-corrected chi connectivity index (χ4v) is 3.07. The zero-order chi connectivity index (χ0) is 15.3. The average molecular weight is 292 g/mol. The highest BCUT2D eigenvalue weighted by Gasteiger charge is 2.27. The third-order valence-electron chi connectivity index (χ3n) is 4.25. The summed E-state index contributed by atoms with van der Waals surface area (Å²) < 4.78 is 13.0. The number of nitrogens with zero attached hydrogens (tertiary/aromatic N) is 2. The van der Waals surface area contributed by atoms with Crippen LogP contribution >= 0.6 is 0 Å². The number of anilines is 1. The second kappa shape index (κ2) is 7.03. The Morgan fingerprint density at radius 1 is 1.19 bits per heavy atom. The maximum absolute atomic E-state index is 13.0. The molecule has 1 aromatic carbocycles. The number of carbonyl (C=O) groups is 1. The largest absolute Gasteiger partial charge is 0.369 e. The van der Waals surface area contributed by atoms with Crippen molar-refractivity contribution in [3.05, 3.63) is 30.1 Å². The van der Waals surface area contributed by atoms with Crippen molar-refractivity contribution in [3.63, 3.8) is 0 Å². The number of hydrogen-bond acceptors (Lipinski definition) is 3. The van der Waals surface area contributed by atoms with Crippen molar-refractivity contribution in [3.8, 4) is 0 Å². The van der Waals surface area contributed by atoms with Crippen LogP contribution in [-0.4, -0.2) is 43.9 Å². The van der Waals surface area contributed by atoms with Crippen LogP contribution < -0.4 is 4.90 Å². The number of piperazine rings is 1. The molecule has 0 amide bonds. The van der Waals surface area contributed by atoms with Gasteiger partial charge in [-0.1, -0.05) is 20.3 Å². The van der Waals surface area contributed by atoms with Crippen LogP contribution in [0.4, 0.5) is 10.1 Å². The van der Waals surface area contributed by atoms with Crippen molar-refractivity contribution < 1.29 is 9.18 Å². The second-order valence-electron chi connectivity index (χ2n) is 6.26. The normalized spacial score (nSPS) is 19.3. The third-order valence-corrected chi connectivity index (χ3v) is 4.25. The van der Waals surface area contributed by atoms with Gasteiger partial charge in [-0.2, -0.15) is 0 Å². The van der Waals surface area contributed by atoms with Gasteiger partial charge in [0, 0.05) is 43.8 Å². The molecule has 0 aliphatic carbocycles. The molecular weight excluding hydrogens is 267 g/mol. The van der Waals surface area contributed by atoms with Crippen LogP contribution in [0, 0.1) is 11.2 Å². The van der Waals surface area contributed by atoms with Gasteiger partial charge in [0.1, 0.15) is 12.1 Å². The summed E-state index contributed by atoms with van der Waals surface area (Å²) in [5, 5.41) is 0. The van der Waals surface area contributed by atoms with E-state index in [0.29, 0.717) is 0 Å². The molecule has 0 bridgehead atoms. The van der Waals surface area contributed by atoms with Gasteiger partial charge in [-0.05, 0) is 30.7 Å². The number of rotatable bonds is 6. The van der Waals surface area contributed by atoms with Crippen molar-refractivity contribution in [2.45, 2.75) is 26.7 Å². The summed E-state index contributed by atoms with van der Waals surface area (Å²) >= 11 is 0. The lowest BCUT2D eigenvalue weighted by atomic mass is 9.86. The van der Waals surface area contributed by atoms with Gasteiger partial charge in [0.2, 0.25) is 0 Å². The van der Waals surface area contributed by atoms with Gasteiger partial charge in [-0.15, -0.1) is 0 Å². The van der Waals surface area contributed by atoms with Crippen molar-refractivity contribution in [2.75, 3.05) is 37.6 Å². The van der Waals surface area contributed by atoms with Crippen LogP contribution in [-0.2, 0) is 4.79 Å². The molecule has 1 atom stereocenters. The van der Waals surface area contributed by atoms with E-state index in [9.17, 15) is 9.18 Å². The molecule has 0 saturated carbocycles. The van der Waals surface area contributed by atoms with Gasteiger partial charge in [0.05, 0.1) is 0 Å². The van der Waals surface area contributed by atoms with Gasteiger partial charge < -0.3 is 9.69 Å². The second-order valence-corrected chi connectivity index (χ2v) is 6.26. The van der Waals surface area contributed by atoms with Gasteiger partial charge in [0.15, 0.2) is 0 Å². The van der Waals surface area contributed by atoms with Crippen LogP contribution in [0.25, 0.3) is 0 Å². The van der Waals surface area contributed by atoms with Crippen LogP contribution in [0.15, 0.2) is 24.3 Å². The van der Waals surface area contributed by atoms with E-state index in [-0.39, 0.29) is 11.2 Å². The number of carbonyl (C=O) groups excluding carboxylic acids is 1. The van der Waals surface area contributed by atoms with E-state index >= 15 is 0 Å². The Balaban J connectivity index is 1.88. The molecule has 1 heterocycles. The van der Waals surface area contributed by atoms with E-state index in [0.717, 1.165) is 57.5 Å². The first-order chi connectivity index (χ1) is 10.1. The smallest absolute Gasteiger partial charge is 0.127 e. The maximum atomic E-state index is 13.0. The first-order valence-electron chi connectivity index (χ1n) is 7.75. The minimum atomic E-state index is -0.229. The van der Waals surface area contributed by atoms with Crippen molar-refractivity contribution in [2.24, 2.45) is 5.41 Å². The average Bonchev–Trinajstić information content (AvgIpc) is 2.49. The summed E-state index contributed by atoms with van der Waals surface area (Å²) in [6.07, 6.45) is 3.09. The van der Waals surface area contributed by atoms with Crippen LogP contribution in [0.5, 0.6) is 0 Å². The summed E-state index contributed by atoms with van der Waals surface area (Å²) in [6, 6.07) is 6.67. The van der Waals surface area contributed by atoms with Crippen molar-refractivity contribution in [1.82, 2.24) is 4.90 Å². The van der Waals surface area contributed by atoms with E-state index in [2.05, 4.69) is 23.6 Å². The molecule has 21 heavy (non-hydrogen) atoms. The summed E-state index contributed by atoms with van der Waals surface area (Å²) in [5.41, 5.74) is 0.843. The Bertz CT molecular complexity index is 454. The van der Waals surface area contributed by atoms with Crippen LogP contribution in [0.2, 0.25) is 0 Å². The first-order valence-corrected chi connectivity index (χ1v) is 7.75. The molecule has 1 aliphatic heterocycles. The molecule has 0 radical (unpaired) electrons. The number of aldehydes is 1. The maximum Gasteiger partial charge on any atom is 0.127 e. The molecule has 1 unspecified atom stereocenters. The van der Waals surface area contributed by atoms with E-state index in [1.807, 2.05) is 12.1 Å². The molecule has 2 rings (SSSR count). The topological polar surface area (TPSA) is 23.6 Å². The molecule has 1 saturated heterocycles. The van der Waals surface area contributed by atoms with Crippen LogP contribution in [0.1, 0.15) is 26.7 Å². The van der Waals surface area contributed by atoms with Gasteiger partial charge in [0.25, 0.3) is 0 Å². The lowest BCUT2D eigenvalue weighted by Gasteiger charge is -2.39. The van der Waals surface area contributed by atoms with E-state index in [4.69, 9.17) is 0 Å². The Morgan fingerprint density at radius 2 is 1.81 bits per heavy atom. The molecular formula is C17H25FN2O. The minimum absolute atomic E-state index is 0.196. The minimum Gasteiger partial charge on any atom is -0.369 e. The fraction of sp³-hybridized carbons (Fsp3) is 0.588. The standard InChI is InChI=1S/C17H25FN2O/c1-3-8-17(2,14-21)13-19-9-11-20(12-10-19)16-6-4-15(18)5-7-16/h4-7,14H,3,8-13H2,1-2H3. The van der Waals surface area contributed by atoms with E-state index in [1.165, 1.54) is 12.1 Å². The molecule has 1 aromatic rings. The molecule has 116 valence electrons. The summed E-state index contributed by atoms with van der Waals surface area (Å²) in [4.78, 5) is 16.0. The highest BCUT2D eigenvalue weighted by atomic mass is 19.1. The molecule has 4 heteroatoms. The lowest BCUT2D eigenvalue weighted by molar-refractivity contribution is -0.116. The molecule has 1 aliphatic rings. The Kier molecular flexibility index (Phi) is 5.34. The van der Waals surface area contributed by atoms with Crippen LogP contribution in [0.3, 0.4) is 0 Å². The zero-order valence-electron chi connectivity index (χ0n) is 13.0. The molecule has 1 fully saturated rings. The number of benzene rings is 1.